The minimum Gasteiger partial charge on any atom is -0.373 e. The Morgan fingerprint density at radius 2 is 1.81 bits per heavy atom. The molecule has 0 saturated carbocycles. The second kappa shape index (κ2) is 3.00. The minimum absolute atomic E-state index is 0.272. The first-order valence-electron chi connectivity index (χ1n) is 5.83. The Balaban J connectivity index is 2.40. The maximum Gasteiger partial charge on any atom is 0.0482 e. The van der Waals surface area contributed by atoms with Crippen LogP contribution in [0.2, 0.25) is 0 Å². The monoisotopic (exact) mass is 211 g/mol. The van der Waals surface area contributed by atoms with Crippen molar-refractivity contribution in [3.63, 3.8) is 0 Å². The van der Waals surface area contributed by atoms with Crippen molar-refractivity contribution in [1.82, 2.24) is 0 Å². The molecule has 3 rings (SSSR count). The highest BCUT2D eigenvalue weighted by Crippen LogP contribution is 2.43. The van der Waals surface area contributed by atoms with Gasteiger partial charge >= 0.3 is 0 Å². The second-order valence-electron chi connectivity index (χ2n) is 5.42. The van der Waals surface area contributed by atoms with Gasteiger partial charge in [-0.1, -0.05) is 50.2 Å². The van der Waals surface area contributed by atoms with Gasteiger partial charge in [0.05, 0.1) is 0 Å². The van der Waals surface area contributed by atoms with Gasteiger partial charge in [-0.2, -0.15) is 0 Å². The topological polar surface area (TPSA) is 3.24 Å². The highest BCUT2D eigenvalue weighted by atomic mass is 15.1. The summed E-state index contributed by atoms with van der Waals surface area (Å²) in [5.74, 6) is 0. The largest absolute Gasteiger partial charge is 0.373 e. The second-order valence-corrected chi connectivity index (χ2v) is 5.42. The molecule has 0 amide bonds. The van der Waals surface area contributed by atoms with Gasteiger partial charge in [0.25, 0.3) is 0 Å². The lowest BCUT2D eigenvalue weighted by Crippen LogP contribution is -2.24. The molecule has 0 bridgehead atoms. The molecular formula is C15H17N. The van der Waals surface area contributed by atoms with Gasteiger partial charge in [-0.15, -0.1) is 0 Å². The van der Waals surface area contributed by atoms with E-state index in [0.717, 1.165) is 6.54 Å². The van der Waals surface area contributed by atoms with Crippen LogP contribution in [0.1, 0.15) is 19.4 Å². The van der Waals surface area contributed by atoms with Crippen molar-refractivity contribution in [2.24, 2.45) is 0 Å². The fourth-order valence-corrected chi connectivity index (χ4v) is 2.97. The molecule has 16 heavy (non-hydrogen) atoms. The van der Waals surface area contributed by atoms with E-state index in [2.05, 4.69) is 62.2 Å². The van der Waals surface area contributed by atoms with E-state index in [1.54, 1.807) is 0 Å². The Bertz CT molecular complexity index is 554. The van der Waals surface area contributed by atoms with Crippen molar-refractivity contribution in [3.8, 4) is 0 Å². The Labute approximate surface area is 96.7 Å². The minimum atomic E-state index is 0.272. The van der Waals surface area contributed by atoms with Gasteiger partial charge < -0.3 is 4.90 Å². The van der Waals surface area contributed by atoms with Gasteiger partial charge in [-0.3, -0.25) is 0 Å². The number of hydrogen-bond donors (Lipinski definition) is 0. The van der Waals surface area contributed by atoms with Crippen molar-refractivity contribution in [2.45, 2.75) is 19.3 Å². The van der Waals surface area contributed by atoms with Crippen LogP contribution in [0.5, 0.6) is 0 Å². The number of likely N-dealkylation sites (N-methyl/N-ethyl adjacent to an activating group) is 1. The molecule has 1 aliphatic rings. The summed E-state index contributed by atoms with van der Waals surface area (Å²) >= 11 is 0. The van der Waals surface area contributed by atoms with E-state index < -0.39 is 0 Å². The van der Waals surface area contributed by atoms with Crippen molar-refractivity contribution in [2.75, 3.05) is 18.5 Å². The fourth-order valence-electron chi connectivity index (χ4n) is 2.97. The lowest BCUT2D eigenvalue weighted by atomic mass is 9.86. The van der Waals surface area contributed by atoms with Crippen LogP contribution in [0.25, 0.3) is 10.8 Å². The quantitative estimate of drug-likeness (QED) is 0.644. The number of hydrogen-bond acceptors (Lipinski definition) is 1. The van der Waals surface area contributed by atoms with Gasteiger partial charge in [0.15, 0.2) is 0 Å². The molecule has 0 saturated heterocycles. The molecule has 0 unspecified atom stereocenters. The van der Waals surface area contributed by atoms with Crippen LogP contribution in [-0.2, 0) is 5.41 Å². The van der Waals surface area contributed by atoms with Crippen molar-refractivity contribution < 1.29 is 0 Å². The molecule has 1 heteroatoms. The van der Waals surface area contributed by atoms with Gasteiger partial charge in [0.1, 0.15) is 0 Å². The van der Waals surface area contributed by atoms with Gasteiger partial charge in [-0.05, 0) is 10.9 Å². The van der Waals surface area contributed by atoms with Crippen LogP contribution in [-0.4, -0.2) is 13.6 Å². The third-order valence-electron chi connectivity index (χ3n) is 3.64. The molecule has 1 nitrogen and oxygen atoms in total. The van der Waals surface area contributed by atoms with Crippen molar-refractivity contribution >= 4 is 16.5 Å². The highest BCUT2D eigenvalue weighted by molar-refractivity contribution is 5.97. The predicted molar refractivity (Wildman–Crippen MR) is 70.2 cm³/mol. The summed E-state index contributed by atoms with van der Waals surface area (Å²) in [5, 5.41) is 2.72. The van der Waals surface area contributed by atoms with Gasteiger partial charge in [-0.25, -0.2) is 0 Å². The summed E-state index contributed by atoms with van der Waals surface area (Å²) in [5.41, 5.74) is 3.17. The zero-order valence-electron chi connectivity index (χ0n) is 10.1. The van der Waals surface area contributed by atoms with E-state index in [9.17, 15) is 0 Å². The first-order valence-corrected chi connectivity index (χ1v) is 5.83. The third kappa shape index (κ3) is 1.18. The molecule has 0 atom stereocenters. The van der Waals surface area contributed by atoms with E-state index >= 15 is 0 Å². The molecule has 1 heterocycles. The zero-order valence-corrected chi connectivity index (χ0v) is 10.1. The van der Waals surface area contributed by atoms with Crippen LogP contribution in [0.4, 0.5) is 5.69 Å². The maximum absolute atomic E-state index is 2.39. The van der Waals surface area contributed by atoms with Crippen molar-refractivity contribution in [1.29, 1.82) is 0 Å². The first kappa shape index (κ1) is 9.71. The standard InChI is InChI=1S/C15H17N/c1-15(2)10-16(3)14-12-7-5-4-6-11(12)8-9-13(14)15/h4-9H,10H2,1-3H3. The summed E-state index contributed by atoms with van der Waals surface area (Å²) in [7, 11) is 2.19. The Hall–Kier alpha value is -1.50. The average Bonchev–Trinajstić information content (AvgIpc) is 2.49. The number of nitrogens with zero attached hydrogens (tertiary/aromatic N) is 1. The summed E-state index contributed by atoms with van der Waals surface area (Å²) in [6.45, 7) is 5.75. The van der Waals surface area contributed by atoms with Crippen LogP contribution < -0.4 is 4.90 Å². The van der Waals surface area contributed by atoms with E-state index in [0.29, 0.717) is 0 Å². The lowest BCUT2D eigenvalue weighted by Gasteiger charge is -2.18. The number of fused-ring (bicyclic) bond motifs is 3. The van der Waals surface area contributed by atoms with E-state index in [1.165, 1.54) is 22.0 Å². The molecule has 2 aromatic rings. The van der Waals surface area contributed by atoms with E-state index in [1.807, 2.05) is 0 Å². The SMILES string of the molecule is CN1CC(C)(C)c2ccc3ccccc3c21. The predicted octanol–water partition coefficient (Wildman–Crippen LogP) is 3.57. The number of benzene rings is 2. The first-order chi connectivity index (χ1) is 7.59. The van der Waals surface area contributed by atoms with Crippen LogP contribution in [0.3, 0.4) is 0 Å². The van der Waals surface area contributed by atoms with Crippen LogP contribution in [0.15, 0.2) is 36.4 Å². The molecule has 0 spiro atoms. The molecule has 2 aromatic carbocycles. The lowest BCUT2D eigenvalue weighted by molar-refractivity contribution is 0.563. The van der Waals surface area contributed by atoms with Crippen LogP contribution in [0, 0.1) is 0 Å². The van der Waals surface area contributed by atoms with Crippen LogP contribution >= 0.6 is 0 Å². The fraction of sp³-hybridized carbons (Fsp3) is 0.333. The summed E-state index contributed by atoms with van der Waals surface area (Å²) in [4.78, 5) is 2.39. The van der Waals surface area contributed by atoms with Gasteiger partial charge in [0.2, 0.25) is 0 Å². The number of anilines is 1. The van der Waals surface area contributed by atoms with Gasteiger partial charge in [0, 0.05) is 30.1 Å². The molecule has 0 aromatic heterocycles. The maximum atomic E-state index is 2.39. The molecule has 0 fully saturated rings. The summed E-state index contributed by atoms with van der Waals surface area (Å²) < 4.78 is 0. The zero-order chi connectivity index (χ0) is 11.3. The Morgan fingerprint density at radius 1 is 1.06 bits per heavy atom. The molecule has 82 valence electrons. The Kier molecular flexibility index (Phi) is 1.82. The average molecular weight is 211 g/mol. The molecule has 1 aliphatic heterocycles. The number of rotatable bonds is 0. The normalized spacial score (nSPS) is 17.8. The van der Waals surface area contributed by atoms with E-state index in [4.69, 9.17) is 0 Å². The Morgan fingerprint density at radius 3 is 2.62 bits per heavy atom. The van der Waals surface area contributed by atoms with Crippen molar-refractivity contribution in [3.05, 3.63) is 42.0 Å². The molecule has 0 aliphatic carbocycles. The molecule has 0 radical (unpaired) electrons. The summed E-state index contributed by atoms with van der Waals surface area (Å²) in [6.07, 6.45) is 0. The highest BCUT2D eigenvalue weighted by Gasteiger charge is 2.34. The molecule has 0 N–H and O–H groups in total. The molecular weight excluding hydrogens is 194 g/mol. The van der Waals surface area contributed by atoms with E-state index in [-0.39, 0.29) is 5.41 Å². The smallest absolute Gasteiger partial charge is 0.0482 e. The summed E-state index contributed by atoms with van der Waals surface area (Å²) in [6, 6.07) is 13.2. The third-order valence-corrected chi connectivity index (χ3v) is 3.64.